The highest BCUT2D eigenvalue weighted by molar-refractivity contribution is 5.85. The van der Waals surface area contributed by atoms with E-state index in [1.165, 1.54) is 35.7 Å². The van der Waals surface area contributed by atoms with Crippen LogP contribution in [-0.2, 0) is 27.3 Å². The highest BCUT2D eigenvalue weighted by Gasteiger charge is 2.15. The molecule has 0 unspecified atom stereocenters. The first-order chi connectivity index (χ1) is 14.2. The minimum absolute atomic E-state index is 0.0270. The zero-order valence-electron chi connectivity index (χ0n) is 17.4. The summed E-state index contributed by atoms with van der Waals surface area (Å²) in [5.41, 5.74) is 2.46. The predicted octanol–water partition coefficient (Wildman–Crippen LogP) is 3.03. The second kappa shape index (κ2) is 11.0. The van der Waals surface area contributed by atoms with E-state index in [1.54, 1.807) is 6.92 Å². The fraction of sp³-hybridized carbons (Fsp3) is 0.565. The van der Waals surface area contributed by atoms with Crippen molar-refractivity contribution in [2.24, 2.45) is 5.92 Å². The molecule has 1 fully saturated rings. The summed E-state index contributed by atoms with van der Waals surface area (Å²) in [5.74, 6) is 0.497. The third-order valence-corrected chi connectivity index (χ3v) is 5.69. The van der Waals surface area contributed by atoms with Gasteiger partial charge in [0.15, 0.2) is 0 Å². The topological polar surface area (TPSA) is 72.4 Å². The summed E-state index contributed by atoms with van der Waals surface area (Å²) in [6.07, 6.45) is 7.29. The van der Waals surface area contributed by atoms with Crippen molar-refractivity contribution in [1.29, 1.82) is 0 Å². The monoisotopic (exact) mass is 399 g/mol. The van der Waals surface area contributed by atoms with E-state index in [1.807, 2.05) is 0 Å². The number of hydrogen-bond donors (Lipinski definition) is 2. The predicted molar refractivity (Wildman–Crippen MR) is 115 cm³/mol. The van der Waals surface area contributed by atoms with E-state index >= 15 is 0 Å². The number of para-hydroxylation sites is 1. The van der Waals surface area contributed by atoms with Crippen LogP contribution in [0.1, 0.15) is 44.6 Å². The smallest absolute Gasteiger partial charge is 0.307 e. The molecule has 29 heavy (non-hydrogen) atoms. The Morgan fingerprint density at radius 1 is 1.21 bits per heavy atom. The van der Waals surface area contributed by atoms with Crippen LogP contribution < -0.4 is 10.6 Å². The van der Waals surface area contributed by atoms with Gasteiger partial charge >= 0.3 is 5.97 Å². The van der Waals surface area contributed by atoms with Crippen molar-refractivity contribution in [3.05, 3.63) is 36.0 Å². The number of rotatable bonds is 10. The SMILES string of the molecule is CCOC(=O)CCNC(=O)CCc1cn(CCC2CCNCC2)c2ccccc12. The Hall–Kier alpha value is -2.34. The van der Waals surface area contributed by atoms with Crippen molar-refractivity contribution in [3.8, 4) is 0 Å². The van der Waals surface area contributed by atoms with Gasteiger partial charge in [-0.1, -0.05) is 18.2 Å². The van der Waals surface area contributed by atoms with Gasteiger partial charge in [0, 0.05) is 36.6 Å². The van der Waals surface area contributed by atoms with Crippen LogP contribution in [0.25, 0.3) is 10.9 Å². The van der Waals surface area contributed by atoms with E-state index in [-0.39, 0.29) is 18.3 Å². The molecule has 0 aliphatic carbocycles. The lowest BCUT2D eigenvalue weighted by molar-refractivity contribution is -0.143. The lowest BCUT2D eigenvalue weighted by Crippen LogP contribution is -2.28. The van der Waals surface area contributed by atoms with E-state index in [0.29, 0.717) is 26.0 Å². The molecule has 1 aromatic carbocycles. The van der Waals surface area contributed by atoms with Gasteiger partial charge < -0.3 is 19.9 Å². The minimum atomic E-state index is -0.274. The van der Waals surface area contributed by atoms with Crippen molar-refractivity contribution in [2.45, 2.75) is 52.0 Å². The fourth-order valence-corrected chi connectivity index (χ4v) is 4.07. The zero-order valence-corrected chi connectivity index (χ0v) is 17.4. The van der Waals surface area contributed by atoms with Crippen LogP contribution in [0.2, 0.25) is 0 Å². The molecule has 1 aromatic heterocycles. The van der Waals surface area contributed by atoms with E-state index in [4.69, 9.17) is 4.74 Å². The summed E-state index contributed by atoms with van der Waals surface area (Å²) >= 11 is 0. The average molecular weight is 400 g/mol. The molecule has 0 spiro atoms. The van der Waals surface area contributed by atoms with Crippen LogP contribution in [0.15, 0.2) is 30.5 Å². The average Bonchev–Trinajstić information content (AvgIpc) is 3.09. The molecule has 0 radical (unpaired) electrons. The zero-order chi connectivity index (χ0) is 20.5. The summed E-state index contributed by atoms with van der Waals surface area (Å²) < 4.78 is 7.23. The van der Waals surface area contributed by atoms with Gasteiger partial charge in [-0.25, -0.2) is 0 Å². The van der Waals surface area contributed by atoms with Crippen molar-refractivity contribution in [1.82, 2.24) is 15.2 Å². The third-order valence-electron chi connectivity index (χ3n) is 5.69. The van der Waals surface area contributed by atoms with Gasteiger partial charge in [0.05, 0.1) is 13.0 Å². The van der Waals surface area contributed by atoms with Gasteiger partial charge in [0.1, 0.15) is 0 Å². The molecular formula is C23H33N3O3. The fourth-order valence-electron chi connectivity index (χ4n) is 4.07. The van der Waals surface area contributed by atoms with Gasteiger partial charge in [-0.3, -0.25) is 9.59 Å². The number of esters is 1. The quantitative estimate of drug-likeness (QED) is 0.603. The van der Waals surface area contributed by atoms with Gasteiger partial charge in [-0.2, -0.15) is 0 Å². The van der Waals surface area contributed by atoms with Crippen LogP contribution >= 0.6 is 0 Å². The number of ether oxygens (including phenoxy) is 1. The van der Waals surface area contributed by atoms with Crippen LogP contribution in [0.4, 0.5) is 0 Å². The maximum absolute atomic E-state index is 12.2. The molecule has 6 heteroatoms. The van der Waals surface area contributed by atoms with E-state index in [0.717, 1.165) is 25.6 Å². The Bertz CT molecular complexity index is 809. The molecule has 6 nitrogen and oxygen atoms in total. The number of nitrogens with zero attached hydrogens (tertiary/aromatic N) is 1. The van der Waals surface area contributed by atoms with Crippen LogP contribution in [-0.4, -0.2) is 42.7 Å². The maximum atomic E-state index is 12.2. The highest BCUT2D eigenvalue weighted by atomic mass is 16.5. The van der Waals surface area contributed by atoms with Crippen LogP contribution in [0.5, 0.6) is 0 Å². The van der Waals surface area contributed by atoms with Gasteiger partial charge in [-0.15, -0.1) is 0 Å². The third kappa shape index (κ3) is 6.32. The molecule has 1 saturated heterocycles. The molecule has 1 amide bonds. The summed E-state index contributed by atoms with van der Waals surface area (Å²) in [5, 5.41) is 7.48. The van der Waals surface area contributed by atoms with E-state index in [9.17, 15) is 9.59 Å². The number of carbonyl (C=O) groups is 2. The number of piperidine rings is 1. The number of hydrogen-bond acceptors (Lipinski definition) is 4. The molecule has 2 heterocycles. The normalized spacial score (nSPS) is 14.8. The molecule has 1 aliphatic rings. The molecule has 0 bridgehead atoms. The lowest BCUT2D eigenvalue weighted by atomic mass is 9.95. The Labute approximate surface area is 173 Å². The second-order valence-electron chi connectivity index (χ2n) is 7.75. The molecule has 0 atom stereocenters. The summed E-state index contributed by atoms with van der Waals surface area (Å²) in [6, 6.07) is 8.45. The van der Waals surface area contributed by atoms with E-state index < -0.39 is 0 Å². The number of aromatic nitrogens is 1. The largest absolute Gasteiger partial charge is 0.466 e. The standard InChI is InChI=1S/C23H33N3O3/c1-2-29-23(28)11-15-25-22(27)8-7-19-17-26(21-6-4-3-5-20(19)21)16-12-18-9-13-24-14-10-18/h3-6,17-18,24H,2,7-16H2,1H3,(H,25,27). The number of aryl methyl sites for hydroxylation is 2. The Morgan fingerprint density at radius 2 is 2.00 bits per heavy atom. The molecule has 158 valence electrons. The molecule has 2 N–H and O–H groups in total. The van der Waals surface area contributed by atoms with Gasteiger partial charge in [0.25, 0.3) is 0 Å². The first-order valence-corrected chi connectivity index (χ1v) is 10.9. The van der Waals surface area contributed by atoms with Crippen molar-refractivity contribution >= 4 is 22.8 Å². The molecule has 1 aliphatic heterocycles. The number of carbonyl (C=O) groups excluding carboxylic acids is 2. The lowest BCUT2D eigenvalue weighted by Gasteiger charge is -2.22. The Balaban J connectivity index is 1.53. The summed E-state index contributed by atoms with van der Waals surface area (Å²) in [4.78, 5) is 23.5. The number of amides is 1. The maximum Gasteiger partial charge on any atom is 0.307 e. The van der Waals surface area contributed by atoms with Crippen molar-refractivity contribution < 1.29 is 14.3 Å². The summed E-state index contributed by atoms with van der Waals surface area (Å²) in [7, 11) is 0. The first kappa shape index (κ1) is 21.4. The van der Waals surface area contributed by atoms with Crippen LogP contribution in [0, 0.1) is 5.92 Å². The molecule has 2 aromatic rings. The van der Waals surface area contributed by atoms with Crippen LogP contribution in [0.3, 0.4) is 0 Å². The highest BCUT2D eigenvalue weighted by Crippen LogP contribution is 2.25. The van der Waals surface area contributed by atoms with Gasteiger partial charge in [-0.05, 0) is 63.2 Å². The van der Waals surface area contributed by atoms with Crippen molar-refractivity contribution in [3.63, 3.8) is 0 Å². The Morgan fingerprint density at radius 3 is 2.79 bits per heavy atom. The molecular weight excluding hydrogens is 366 g/mol. The first-order valence-electron chi connectivity index (χ1n) is 10.9. The number of nitrogens with one attached hydrogen (secondary N) is 2. The Kier molecular flexibility index (Phi) is 8.11. The number of benzene rings is 1. The minimum Gasteiger partial charge on any atom is -0.466 e. The number of fused-ring (bicyclic) bond motifs is 1. The van der Waals surface area contributed by atoms with E-state index in [2.05, 4.69) is 45.7 Å². The summed E-state index contributed by atoms with van der Waals surface area (Å²) in [6.45, 7) is 5.77. The molecule has 0 saturated carbocycles. The molecule has 3 rings (SSSR count). The van der Waals surface area contributed by atoms with Gasteiger partial charge in [0.2, 0.25) is 5.91 Å². The second-order valence-corrected chi connectivity index (χ2v) is 7.75. The van der Waals surface area contributed by atoms with Crippen molar-refractivity contribution in [2.75, 3.05) is 26.2 Å².